The van der Waals surface area contributed by atoms with Gasteiger partial charge in [-0.2, -0.15) is 0 Å². The highest BCUT2D eigenvalue weighted by atomic mass is 16.5. The summed E-state index contributed by atoms with van der Waals surface area (Å²) in [6.45, 7) is 0. The minimum Gasteiger partial charge on any atom is -0.469 e. The summed E-state index contributed by atoms with van der Waals surface area (Å²) in [6.07, 6.45) is 3.07. The third-order valence-electron chi connectivity index (χ3n) is 3.41. The minimum absolute atomic E-state index is 0.124. The van der Waals surface area contributed by atoms with Gasteiger partial charge in [0, 0.05) is 0 Å². The van der Waals surface area contributed by atoms with Gasteiger partial charge in [-0.3, -0.25) is 4.79 Å². The van der Waals surface area contributed by atoms with Crippen LogP contribution in [0, 0.1) is 11.3 Å². The third kappa shape index (κ3) is 0.891. The SMILES string of the molecule is COC(=O)[C@]12CC[C@@H](C1)C(O)C2. The first-order valence-corrected chi connectivity index (χ1v) is 4.44. The summed E-state index contributed by atoms with van der Waals surface area (Å²) in [6, 6.07) is 0. The van der Waals surface area contributed by atoms with Crippen LogP contribution in [-0.2, 0) is 9.53 Å². The van der Waals surface area contributed by atoms with Crippen molar-refractivity contribution in [2.24, 2.45) is 11.3 Å². The van der Waals surface area contributed by atoms with Crippen molar-refractivity contribution in [3.05, 3.63) is 0 Å². The summed E-state index contributed by atoms with van der Waals surface area (Å²) in [5.41, 5.74) is -0.321. The molecule has 2 aliphatic rings. The Morgan fingerprint density at radius 2 is 2.33 bits per heavy atom. The molecule has 3 atom stereocenters. The number of hydrogen-bond donors (Lipinski definition) is 1. The van der Waals surface area contributed by atoms with Crippen molar-refractivity contribution in [3.8, 4) is 0 Å². The maximum absolute atomic E-state index is 11.4. The molecular formula is C9H14O3. The molecule has 2 bridgehead atoms. The second-order valence-electron chi connectivity index (χ2n) is 4.05. The Kier molecular flexibility index (Phi) is 1.65. The molecule has 1 unspecified atom stereocenters. The van der Waals surface area contributed by atoms with E-state index in [-0.39, 0.29) is 17.5 Å². The first-order chi connectivity index (χ1) is 5.68. The molecule has 3 heteroatoms. The van der Waals surface area contributed by atoms with E-state index in [1.807, 2.05) is 0 Å². The van der Waals surface area contributed by atoms with E-state index < -0.39 is 0 Å². The predicted octanol–water partition coefficient (Wildman–Crippen LogP) is 0.710. The Balaban J connectivity index is 2.18. The molecule has 0 heterocycles. The smallest absolute Gasteiger partial charge is 0.311 e. The molecule has 0 saturated heterocycles. The van der Waals surface area contributed by atoms with Crippen molar-refractivity contribution in [2.75, 3.05) is 7.11 Å². The number of ether oxygens (including phenoxy) is 1. The van der Waals surface area contributed by atoms with Crippen LogP contribution in [0.5, 0.6) is 0 Å². The van der Waals surface area contributed by atoms with Gasteiger partial charge in [0.25, 0.3) is 0 Å². The number of fused-ring (bicyclic) bond motifs is 2. The van der Waals surface area contributed by atoms with Gasteiger partial charge < -0.3 is 9.84 Å². The van der Waals surface area contributed by atoms with Gasteiger partial charge in [-0.25, -0.2) is 0 Å². The van der Waals surface area contributed by atoms with E-state index >= 15 is 0 Å². The fraction of sp³-hybridized carbons (Fsp3) is 0.889. The number of carbonyl (C=O) groups is 1. The van der Waals surface area contributed by atoms with Crippen molar-refractivity contribution >= 4 is 5.97 Å². The van der Waals surface area contributed by atoms with Gasteiger partial charge in [-0.1, -0.05) is 0 Å². The summed E-state index contributed by atoms with van der Waals surface area (Å²) in [7, 11) is 1.43. The lowest BCUT2D eigenvalue weighted by molar-refractivity contribution is -0.153. The number of methoxy groups -OCH3 is 1. The molecule has 1 N–H and O–H groups in total. The third-order valence-corrected chi connectivity index (χ3v) is 3.41. The number of aliphatic hydroxyl groups excluding tert-OH is 1. The lowest BCUT2D eigenvalue weighted by atomic mass is 9.83. The van der Waals surface area contributed by atoms with Crippen LogP contribution in [0.15, 0.2) is 0 Å². The van der Waals surface area contributed by atoms with Crippen molar-refractivity contribution in [3.63, 3.8) is 0 Å². The van der Waals surface area contributed by atoms with Gasteiger partial charge in [0.2, 0.25) is 0 Å². The zero-order chi connectivity index (χ0) is 8.77. The highest BCUT2D eigenvalue weighted by Gasteiger charge is 2.55. The largest absolute Gasteiger partial charge is 0.469 e. The second kappa shape index (κ2) is 2.46. The van der Waals surface area contributed by atoms with Crippen molar-refractivity contribution < 1.29 is 14.6 Å². The summed E-state index contributed by atoms with van der Waals surface area (Å²) < 4.78 is 4.75. The van der Waals surface area contributed by atoms with E-state index in [2.05, 4.69) is 0 Å². The van der Waals surface area contributed by atoms with E-state index in [9.17, 15) is 9.90 Å². The topological polar surface area (TPSA) is 46.5 Å². The molecule has 0 amide bonds. The van der Waals surface area contributed by atoms with Crippen LogP contribution in [-0.4, -0.2) is 24.3 Å². The standard InChI is InChI=1S/C9H14O3/c1-12-8(11)9-3-2-6(4-9)7(10)5-9/h6-7,10H,2-5H2,1H3/t6-,7?,9+/m0/s1. The predicted molar refractivity (Wildman–Crippen MR) is 42.4 cm³/mol. The van der Waals surface area contributed by atoms with Crippen LogP contribution in [0.1, 0.15) is 25.7 Å². The molecule has 68 valence electrons. The second-order valence-corrected chi connectivity index (χ2v) is 4.05. The Morgan fingerprint density at radius 1 is 1.58 bits per heavy atom. The monoisotopic (exact) mass is 170 g/mol. The van der Waals surface area contributed by atoms with E-state index in [1.165, 1.54) is 7.11 Å². The zero-order valence-corrected chi connectivity index (χ0v) is 7.25. The first kappa shape index (κ1) is 8.05. The first-order valence-electron chi connectivity index (χ1n) is 4.44. The molecule has 0 aromatic rings. The highest BCUT2D eigenvalue weighted by molar-refractivity contribution is 5.77. The molecule has 2 rings (SSSR count). The molecule has 2 aliphatic carbocycles. The fourth-order valence-corrected chi connectivity index (χ4v) is 2.73. The molecule has 0 spiro atoms. The van der Waals surface area contributed by atoms with E-state index in [1.54, 1.807) is 0 Å². The molecule has 2 fully saturated rings. The Labute approximate surface area is 71.7 Å². The van der Waals surface area contributed by atoms with Gasteiger partial charge in [0.15, 0.2) is 0 Å². The van der Waals surface area contributed by atoms with Gasteiger partial charge in [0.05, 0.1) is 18.6 Å². The van der Waals surface area contributed by atoms with Gasteiger partial charge >= 0.3 is 5.97 Å². The maximum Gasteiger partial charge on any atom is 0.311 e. The van der Waals surface area contributed by atoms with Crippen LogP contribution in [0.3, 0.4) is 0 Å². The molecule has 3 nitrogen and oxygen atoms in total. The van der Waals surface area contributed by atoms with Gasteiger partial charge in [-0.05, 0) is 31.6 Å². The average molecular weight is 170 g/mol. The molecule has 12 heavy (non-hydrogen) atoms. The lowest BCUT2D eigenvalue weighted by Gasteiger charge is -2.24. The van der Waals surface area contributed by atoms with Crippen LogP contribution in [0.2, 0.25) is 0 Å². The van der Waals surface area contributed by atoms with E-state index in [4.69, 9.17) is 4.74 Å². The summed E-state index contributed by atoms with van der Waals surface area (Å²) in [5, 5.41) is 9.52. The average Bonchev–Trinajstić information content (AvgIpc) is 2.60. The minimum atomic E-state index is -0.321. The summed E-state index contributed by atoms with van der Waals surface area (Å²) in [5.74, 6) is 0.227. The highest BCUT2D eigenvalue weighted by Crippen LogP contribution is 2.54. The van der Waals surface area contributed by atoms with Crippen LogP contribution in [0.25, 0.3) is 0 Å². The van der Waals surface area contributed by atoms with Crippen LogP contribution < -0.4 is 0 Å². The number of hydrogen-bond acceptors (Lipinski definition) is 3. The zero-order valence-electron chi connectivity index (χ0n) is 7.25. The maximum atomic E-state index is 11.4. The van der Waals surface area contributed by atoms with Crippen molar-refractivity contribution in [2.45, 2.75) is 31.8 Å². The van der Waals surface area contributed by atoms with E-state index in [0.29, 0.717) is 12.3 Å². The van der Waals surface area contributed by atoms with Crippen LogP contribution >= 0.6 is 0 Å². The quantitative estimate of drug-likeness (QED) is 0.589. The molecular weight excluding hydrogens is 156 g/mol. The molecule has 0 radical (unpaired) electrons. The number of carbonyl (C=O) groups excluding carboxylic acids is 1. The summed E-state index contributed by atoms with van der Waals surface area (Å²) >= 11 is 0. The van der Waals surface area contributed by atoms with Crippen molar-refractivity contribution in [1.29, 1.82) is 0 Å². The fourth-order valence-electron chi connectivity index (χ4n) is 2.73. The van der Waals surface area contributed by atoms with Gasteiger partial charge in [-0.15, -0.1) is 0 Å². The molecule has 2 saturated carbocycles. The number of rotatable bonds is 1. The van der Waals surface area contributed by atoms with E-state index in [0.717, 1.165) is 19.3 Å². The Bertz CT molecular complexity index is 210. The van der Waals surface area contributed by atoms with Crippen LogP contribution in [0.4, 0.5) is 0 Å². The normalized spacial score (nSPS) is 44.8. The Morgan fingerprint density at radius 3 is 2.75 bits per heavy atom. The molecule has 0 aromatic heterocycles. The van der Waals surface area contributed by atoms with Gasteiger partial charge in [0.1, 0.15) is 0 Å². The molecule has 0 aromatic carbocycles. The van der Waals surface area contributed by atoms with Crippen molar-refractivity contribution in [1.82, 2.24) is 0 Å². The number of esters is 1. The Hall–Kier alpha value is -0.570. The molecule has 0 aliphatic heterocycles. The summed E-state index contributed by atoms with van der Waals surface area (Å²) in [4.78, 5) is 11.4. The lowest BCUT2D eigenvalue weighted by Crippen LogP contribution is -2.30. The number of aliphatic hydroxyl groups is 1.